The lowest BCUT2D eigenvalue weighted by Crippen LogP contribution is -2.29. The van der Waals surface area contributed by atoms with Gasteiger partial charge in [-0.1, -0.05) is 0 Å². The lowest BCUT2D eigenvalue weighted by molar-refractivity contribution is 0.0546. The summed E-state index contributed by atoms with van der Waals surface area (Å²) >= 11 is 8.92. The average molecular weight is 369 g/mol. The Hall–Kier alpha value is 0.580. The van der Waals surface area contributed by atoms with Crippen molar-refractivity contribution >= 4 is 43.2 Å². The van der Waals surface area contributed by atoms with Gasteiger partial charge >= 0.3 is 0 Å². The number of ether oxygens (including phenoxy) is 1. The zero-order chi connectivity index (χ0) is 11.5. The molecule has 0 aromatic carbocycles. The minimum atomic E-state index is 0.431. The fourth-order valence-corrected chi connectivity index (χ4v) is 5.19. The van der Waals surface area contributed by atoms with Crippen molar-refractivity contribution in [3.63, 3.8) is 0 Å². The molecule has 1 fully saturated rings. The van der Waals surface area contributed by atoms with Crippen molar-refractivity contribution in [1.82, 2.24) is 5.32 Å². The van der Waals surface area contributed by atoms with Crippen LogP contribution in [0.4, 0.5) is 0 Å². The minimum Gasteiger partial charge on any atom is -0.381 e. The second-order valence-corrected chi connectivity index (χ2v) is 7.75. The van der Waals surface area contributed by atoms with Crippen LogP contribution >= 0.6 is 43.2 Å². The molecule has 1 aliphatic rings. The van der Waals surface area contributed by atoms with Crippen molar-refractivity contribution in [3.05, 3.63) is 19.2 Å². The summed E-state index contributed by atoms with van der Waals surface area (Å²) in [7, 11) is 2.04. The Balaban J connectivity index is 2.17. The van der Waals surface area contributed by atoms with Gasteiger partial charge in [0.2, 0.25) is 0 Å². The molecule has 0 aliphatic carbocycles. The fraction of sp³-hybridized carbons (Fsp3) is 0.636. The topological polar surface area (TPSA) is 21.3 Å². The first-order valence-electron chi connectivity index (χ1n) is 5.42. The molecule has 2 rings (SSSR count). The normalized spacial score (nSPS) is 19.9. The third-order valence-corrected chi connectivity index (χ3v) is 5.45. The maximum absolute atomic E-state index is 5.42. The van der Waals surface area contributed by atoms with Crippen LogP contribution in [0, 0.1) is 5.92 Å². The van der Waals surface area contributed by atoms with Crippen LogP contribution in [0.1, 0.15) is 24.4 Å². The molecule has 0 bridgehead atoms. The van der Waals surface area contributed by atoms with E-state index in [1.807, 2.05) is 7.05 Å². The smallest absolute Gasteiger partial charge is 0.0758 e. The van der Waals surface area contributed by atoms with Gasteiger partial charge in [0.1, 0.15) is 0 Å². The summed E-state index contributed by atoms with van der Waals surface area (Å²) in [5.41, 5.74) is 1.37. The lowest BCUT2D eigenvalue weighted by atomic mass is 9.88. The first kappa shape index (κ1) is 13.0. The number of hydrogen-bond donors (Lipinski definition) is 1. The lowest BCUT2D eigenvalue weighted by Gasteiger charge is -2.30. The highest BCUT2D eigenvalue weighted by Gasteiger charge is 2.26. The summed E-state index contributed by atoms with van der Waals surface area (Å²) in [6.45, 7) is 1.79. The van der Waals surface area contributed by atoms with Gasteiger partial charge in [0.05, 0.1) is 7.57 Å². The minimum absolute atomic E-state index is 0.431. The largest absolute Gasteiger partial charge is 0.381 e. The van der Waals surface area contributed by atoms with Crippen LogP contribution in [0.15, 0.2) is 13.6 Å². The first-order chi connectivity index (χ1) is 7.72. The standard InChI is InChI=1S/C11H15Br2NOS/c1-14-10(7-2-4-15-5-3-7)8-6-9(12)16-11(8)13/h6-7,10,14H,2-5H2,1H3. The third kappa shape index (κ3) is 2.88. The zero-order valence-electron chi connectivity index (χ0n) is 9.13. The van der Waals surface area contributed by atoms with E-state index in [0.29, 0.717) is 12.0 Å². The quantitative estimate of drug-likeness (QED) is 0.871. The molecular formula is C11H15Br2NOS. The predicted octanol–water partition coefficient (Wildman–Crippen LogP) is 3.96. The molecule has 0 spiro atoms. The predicted molar refractivity (Wildman–Crippen MR) is 75.1 cm³/mol. The molecule has 90 valence electrons. The molecule has 0 saturated carbocycles. The number of hydrogen-bond acceptors (Lipinski definition) is 3. The average Bonchev–Trinajstić information content (AvgIpc) is 2.61. The Kier molecular flexibility index (Phi) is 4.85. The highest BCUT2D eigenvalue weighted by Crippen LogP contribution is 2.40. The van der Waals surface area contributed by atoms with Gasteiger partial charge in [-0.2, -0.15) is 0 Å². The van der Waals surface area contributed by atoms with Crippen LogP contribution in [0.5, 0.6) is 0 Å². The van der Waals surface area contributed by atoms with E-state index in [1.165, 1.54) is 13.1 Å². The number of thiophene rings is 1. The molecule has 1 aliphatic heterocycles. The van der Waals surface area contributed by atoms with Crippen molar-refractivity contribution < 1.29 is 4.74 Å². The van der Waals surface area contributed by atoms with Crippen LogP contribution in [0.2, 0.25) is 0 Å². The van der Waals surface area contributed by atoms with Crippen LogP contribution in [0.3, 0.4) is 0 Å². The summed E-state index contributed by atoms with van der Waals surface area (Å²) in [6.07, 6.45) is 2.29. The maximum atomic E-state index is 5.42. The number of nitrogens with one attached hydrogen (secondary N) is 1. The van der Waals surface area contributed by atoms with Crippen LogP contribution in [-0.4, -0.2) is 20.3 Å². The van der Waals surface area contributed by atoms with Gasteiger partial charge in [-0.15, -0.1) is 11.3 Å². The molecule has 2 nitrogen and oxygen atoms in total. The van der Waals surface area contributed by atoms with Gasteiger partial charge in [0.15, 0.2) is 0 Å². The van der Waals surface area contributed by atoms with Crippen LogP contribution < -0.4 is 5.32 Å². The summed E-state index contributed by atoms with van der Waals surface area (Å²) in [4.78, 5) is 0. The van der Waals surface area contributed by atoms with E-state index in [4.69, 9.17) is 4.74 Å². The second-order valence-electron chi connectivity index (χ2n) is 4.00. The van der Waals surface area contributed by atoms with E-state index in [0.717, 1.165) is 26.1 Å². The van der Waals surface area contributed by atoms with Gasteiger partial charge in [-0.25, -0.2) is 0 Å². The first-order valence-corrected chi connectivity index (χ1v) is 7.82. The van der Waals surface area contributed by atoms with Gasteiger partial charge in [0.25, 0.3) is 0 Å². The Bertz CT molecular complexity index is 350. The Morgan fingerprint density at radius 3 is 2.62 bits per heavy atom. The van der Waals surface area contributed by atoms with E-state index in [1.54, 1.807) is 11.3 Å². The molecule has 0 amide bonds. The summed E-state index contributed by atoms with van der Waals surface area (Å²) in [5.74, 6) is 0.677. The molecule has 1 N–H and O–H groups in total. The molecule has 2 heterocycles. The fourth-order valence-electron chi connectivity index (χ4n) is 2.26. The summed E-state index contributed by atoms with van der Waals surface area (Å²) in [5, 5.41) is 3.44. The monoisotopic (exact) mass is 367 g/mol. The van der Waals surface area contributed by atoms with E-state index >= 15 is 0 Å². The number of halogens is 2. The van der Waals surface area contributed by atoms with Crippen molar-refractivity contribution in [2.45, 2.75) is 18.9 Å². The molecule has 0 radical (unpaired) electrons. The third-order valence-electron chi connectivity index (χ3n) is 3.07. The Morgan fingerprint density at radius 1 is 1.44 bits per heavy atom. The van der Waals surface area contributed by atoms with Gasteiger partial charge in [-0.3, -0.25) is 0 Å². The molecule has 1 atom stereocenters. The molecular weight excluding hydrogens is 354 g/mol. The molecule has 5 heteroatoms. The Labute approximate surface area is 117 Å². The summed E-state index contributed by atoms with van der Waals surface area (Å²) < 4.78 is 7.83. The molecule has 1 aromatic heterocycles. The molecule has 16 heavy (non-hydrogen) atoms. The highest BCUT2D eigenvalue weighted by atomic mass is 79.9. The van der Waals surface area contributed by atoms with Crippen molar-refractivity contribution in [2.24, 2.45) is 5.92 Å². The van der Waals surface area contributed by atoms with Crippen LogP contribution in [-0.2, 0) is 4.74 Å². The molecule has 1 aromatic rings. The van der Waals surface area contributed by atoms with Gasteiger partial charge in [0, 0.05) is 19.3 Å². The second kappa shape index (κ2) is 5.96. The van der Waals surface area contributed by atoms with E-state index in [2.05, 4.69) is 43.2 Å². The van der Waals surface area contributed by atoms with Gasteiger partial charge < -0.3 is 10.1 Å². The van der Waals surface area contributed by atoms with Crippen molar-refractivity contribution in [2.75, 3.05) is 20.3 Å². The van der Waals surface area contributed by atoms with E-state index < -0.39 is 0 Å². The van der Waals surface area contributed by atoms with E-state index in [-0.39, 0.29) is 0 Å². The zero-order valence-corrected chi connectivity index (χ0v) is 13.1. The summed E-state index contributed by atoms with van der Waals surface area (Å²) in [6, 6.07) is 2.64. The van der Waals surface area contributed by atoms with Crippen molar-refractivity contribution in [3.8, 4) is 0 Å². The maximum Gasteiger partial charge on any atom is 0.0758 e. The highest BCUT2D eigenvalue weighted by molar-refractivity contribution is 9.12. The van der Waals surface area contributed by atoms with E-state index in [9.17, 15) is 0 Å². The van der Waals surface area contributed by atoms with Gasteiger partial charge in [-0.05, 0) is 69.3 Å². The molecule has 1 unspecified atom stereocenters. The SMILES string of the molecule is CNC(c1cc(Br)sc1Br)C1CCOCC1. The molecule has 1 saturated heterocycles. The van der Waals surface area contributed by atoms with Crippen LogP contribution in [0.25, 0.3) is 0 Å². The Morgan fingerprint density at radius 2 is 2.12 bits per heavy atom. The van der Waals surface area contributed by atoms with Crippen molar-refractivity contribution in [1.29, 1.82) is 0 Å². The number of rotatable bonds is 3.